The van der Waals surface area contributed by atoms with Crippen LogP contribution in [0.2, 0.25) is 0 Å². The van der Waals surface area contributed by atoms with Gasteiger partial charge in [-0.2, -0.15) is 0 Å². The van der Waals surface area contributed by atoms with E-state index in [-0.39, 0.29) is 17.7 Å². The van der Waals surface area contributed by atoms with Crippen molar-refractivity contribution >= 4 is 5.78 Å². The highest BCUT2D eigenvalue weighted by Crippen LogP contribution is 2.37. The predicted molar refractivity (Wildman–Crippen MR) is 109 cm³/mol. The molecule has 0 saturated carbocycles. The Morgan fingerprint density at radius 2 is 1.86 bits per heavy atom. The zero-order chi connectivity index (χ0) is 20.8. The molecule has 1 heterocycles. The Morgan fingerprint density at radius 3 is 2.55 bits per heavy atom. The summed E-state index contributed by atoms with van der Waals surface area (Å²) in [5.41, 5.74) is 2.90. The highest BCUT2D eigenvalue weighted by atomic mass is 19.1. The van der Waals surface area contributed by atoms with Crippen LogP contribution >= 0.6 is 0 Å². The molecule has 1 aliphatic heterocycles. The average Bonchev–Trinajstić information content (AvgIpc) is 2.73. The van der Waals surface area contributed by atoms with Crippen LogP contribution in [0.5, 0.6) is 11.5 Å². The molecule has 29 heavy (non-hydrogen) atoms. The summed E-state index contributed by atoms with van der Waals surface area (Å²) in [5.74, 6) is 1.15. The number of halogens is 1. The normalized spacial score (nSPS) is 15.8. The van der Waals surface area contributed by atoms with Gasteiger partial charge in [-0.3, -0.25) is 4.79 Å². The zero-order valence-corrected chi connectivity index (χ0v) is 17.2. The largest absolute Gasteiger partial charge is 0.493 e. The molecule has 2 aromatic carbocycles. The lowest BCUT2D eigenvalue weighted by Gasteiger charge is -2.30. The summed E-state index contributed by atoms with van der Waals surface area (Å²) in [5, 5.41) is 0. The molecule has 2 aromatic rings. The van der Waals surface area contributed by atoms with E-state index in [1.807, 2.05) is 19.2 Å². The minimum atomic E-state index is -0.330. The monoisotopic (exact) mass is 401 g/mol. The maximum absolute atomic E-state index is 13.0. The van der Waals surface area contributed by atoms with Crippen molar-refractivity contribution in [1.29, 1.82) is 0 Å². The van der Waals surface area contributed by atoms with Crippen molar-refractivity contribution in [2.24, 2.45) is 0 Å². The van der Waals surface area contributed by atoms with Crippen molar-refractivity contribution in [3.05, 3.63) is 58.9 Å². The van der Waals surface area contributed by atoms with Gasteiger partial charge in [0, 0.05) is 18.5 Å². The summed E-state index contributed by atoms with van der Waals surface area (Å²) in [7, 11) is 5.30. The van der Waals surface area contributed by atoms with Crippen LogP contribution in [0.1, 0.15) is 40.4 Å². The Hall–Kier alpha value is -2.44. The van der Waals surface area contributed by atoms with Crippen molar-refractivity contribution in [3.63, 3.8) is 0 Å². The number of nitrogens with zero attached hydrogens (tertiary/aromatic N) is 1. The summed E-state index contributed by atoms with van der Waals surface area (Å²) in [6.45, 7) is 2.17. The van der Waals surface area contributed by atoms with E-state index in [1.54, 1.807) is 14.2 Å². The van der Waals surface area contributed by atoms with E-state index >= 15 is 0 Å². The molecule has 0 spiro atoms. The molecule has 1 aliphatic rings. The van der Waals surface area contributed by atoms with Gasteiger partial charge in [0.25, 0.3) is 0 Å². The second-order valence-corrected chi connectivity index (χ2v) is 7.31. The van der Waals surface area contributed by atoms with Gasteiger partial charge in [-0.05, 0) is 74.0 Å². The van der Waals surface area contributed by atoms with Crippen LogP contribution in [0.25, 0.3) is 0 Å². The molecule has 0 aliphatic carbocycles. The molecular formula is C23H28FNO4. The quantitative estimate of drug-likeness (QED) is 0.593. The summed E-state index contributed by atoms with van der Waals surface area (Å²) in [4.78, 5) is 14.4. The molecule has 0 aromatic heterocycles. The molecular weight excluding hydrogens is 373 g/mol. The van der Waals surface area contributed by atoms with Crippen molar-refractivity contribution in [2.45, 2.75) is 25.4 Å². The van der Waals surface area contributed by atoms with E-state index in [9.17, 15) is 9.18 Å². The molecule has 0 N–H and O–H groups in total. The molecule has 5 nitrogen and oxygen atoms in total. The van der Waals surface area contributed by atoms with Gasteiger partial charge in [-0.1, -0.05) is 0 Å². The smallest absolute Gasteiger partial charge is 0.162 e. The van der Waals surface area contributed by atoms with Crippen molar-refractivity contribution in [2.75, 3.05) is 41.0 Å². The lowest BCUT2D eigenvalue weighted by Crippen LogP contribution is -2.30. The van der Waals surface area contributed by atoms with Crippen molar-refractivity contribution in [3.8, 4) is 11.5 Å². The van der Waals surface area contributed by atoms with Crippen LogP contribution in [0.3, 0.4) is 0 Å². The maximum Gasteiger partial charge on any atom is 0.162 e. The molecule has 156 valence electrons. The van der Waals surface area contributed by atoms with Crippen LogP contribution in [0, 0.1) is 5.82 Å². The fourth-order valence-electron chi connectivity index (χ4n) is 3.67. The lowest BCUT2D eigenvalue weighted by atomic mass is 9.96. The van der Waals surface area contributed by atoms with Crippen LogP contribution in [0.4, 0.5) is 4.39 Å². The lowest BCUT2D eigenvalue weighted by molar-refractivity contribution is 0.0206. The third-order valence-electron chi connectivity index (χ3n) is 5.27. The average molecular weight is 401 g/mol. The zero-order valence-electron chi connectivity index (χ0n) is 17.2. The number of carbonyl (C=O) groups excluding carboxylic acids is 1. The Balaban J connectivity index is 1.55. The van der Waals surface area contributed by atoms with E-state index in [0.29, 0.717) is 24.3 Å². The number of methoxy groups -OCH3 is 2. The molecule has 6 heteroatoms. The van der Waals surface area contributed by atoms with Crippen LogP contribution in [-0.4, -0.2) is 51.6 Å². The molecule has 1 atom stereocenters. The first-order chi connectivity index (χ1) is 14.0. The number of likely N-dealkylation sites (N-methyl/N-ethyl adjacent to an activating group) is 1. The number of ketones is 1. The second kappa shape index (κ2) is 9.85. The van der Waals surface area contributed by atoms with Gasteiger partial charge >= 0.3 is 0 Å². The first kappa shape index (κ1) is 21.3. The number of fused-ring (bicyclic) bond motifs is 1. The van der Waals surface area contributed by atoms with Gasteiger partial charge in [-0.25, -0.2) is 4.39 Å². The van der Waals surface area contributed by atoms with Gasteiger partial charge in [0.15, 0.2) is 17.3 Å². The minimum Gasteiger partial charge on any atom is -0.493 e. The number of benzene rings is 2. The fourth-order valence-corrected chi connectivity index (χ4v) is 3.67. The summed E-state index contributed by atoms with van der Waals surface area (Å²) in [6.07, 6.45) is 1.97. The van der Waals surface area contributed by atoms with Crippen molar-refractivity contribution in [1.82, 2.24) is 4.90 Å². The SMILES string of the molecule is COc1cc2c(cc1OC)C(CN(C)CCCC(=O)c1ccc(F)cc1)OCC2. The Bertz CT molecular complexity index is 838. The second-order valence-electron chi connectivity index (χ2n) is 7.31. The highest BCUT2D eigenvalue weighted by Gasteiger charge is 2.24. The Kier molecular flexibility index (Phi) is 7.23. The summed E-state index contributed by atoms with van der Waals surface area (Å²) < 4.78 is 29.8. The first-order valence-electron chi connectivity index (χ1n) is 9.85. The molecule has 0 amide bonds. The van der Waals surface area contributed by atoms with Gasteiger partial charge in [0.2, 0.25) is 0 Å². The number of ether oxygens (including phenoxy) is 3. The number of rotatable bonds is 9. The van der Waals surface area contributed by atoms with Gasteiger partial charge in [-0.15, -0.1) is 0 Å². The van der Waals surface area contributed by atoms with E-state index in [4.69, 9.17) is 14.2 Å². The third kappa shape index (κ3) is 5.34. The number of carbonyl (C=O) groups is 1. The van der Waals surface area contributed by atoms with Crippen LogP contribution < -0.4 is 9.47 Å². The highest BCUT2D eigenvalue weighted by molar-refractivity contribution is 5.95. The van der Waals surface area contributed by atoms with Crippen molar-refractivity contribution < 1.29 is 23.4 Å². The van der Waals surface area contributed by atoms with E-state index in [1.165, 1.54) is 29.8 Å². The minimum absolute atomic E-state index is 0.0366. The van der Waals surface area contributed by atoms with Crippen LogP contribution in [-0.2, 0) is 11.2 Å². The first-order valence-corrected chi connectivity index (χ1v) is 9.85. The number of hydrogen-bond donors (Lipinski definition) is 0. The molecule has 0 fully saturated rings. The van der Waals surface area contributed by atoms with Gasteiger partial charge in [0.05, 0.1) is 26.9 Å². The topological polar surface area (TPSA) is 48.0 Å². The predicted octanol–water partition coefficient (Wildman–Crippen LogP) is 4.05. The van der Waals surface area contributed by atoms with E-state index < -0.39 is 0 Å². The molecule has 3 rings (SSSR count). The Labute approximate surface area is 171 Å². The Morgan fingerprint density at radius 1 is 1.17 bits per heavy atom. The molecule has 0 saturated heterocycles. The van der Waals surface area contributed by atoms with Gasteiger partial charge in [0.1, 0.15) is 5.82 Å². The fraction of sp³-hybridized carbons (Fsp3) is 0.435. The molecule has 0 bridgehead atoms. The standard InChI is InChI=1S/C23H28FNO4/c1-25(11-4-5-20(26)16-6-8-18(24)9-7-16)15-23-19-14-22(28-3)21(27-2)13-17(19)10-12-29-23/h6-9,13-14,23H,4-5,10-12,15H2,1-3H3. The van der Waals surface area contributed by atoms with E-state index in [0.717, 1.165) is 37.2 Å². The van der Waals surface area contributed by atoms with Crippen LogP contribution in [0.15, 0.2) is 36.4 Å². The van der Waals surface area contributed by atoms with Gasteiger partial charge < -0.3 is 19.1 Å². The summed E-state index contributed by atoms with van der Waals surface area (Å²) >= 11 is 0. The third-order valence-corrected chi connectivity index (χ3v) is 5.27. The molecule has 1 unspecified atom stereocenters. The summed E-state index contributed by atoms with van der Waals surface area (Å²) in [6, 6.07) is 9.75. The maximum atomic E-state index is 13.0. The van der Waals surface area contributed by atoms with E-state index in [2.05, 4.69) is 4.90 Å². The molecule has 0 radical (unpaired) electrons. The number of hydrogen-bond acceptors (Lipinski definition) is 5. The number of Topliss-reactive ketones (excluding diaryl/α,β-unsaturated/α-hetero) is 1.